The summed E-state index contributed by atoms with van der Waals surface area (Å²) in [5.74, 6) is -0.625. The zero-order chi connectivity index (χ0) is 13.7. The second-order valence-electron chi connectivity index (χ2n) is 3.55. The van der Waals surface area contributed by atoms with E-state index in [2.05, 4.69) is 20.5 Å². The highest BCUT2D eigenvalue weighted by atomic mass is 35.5. The fourth-order valence-corrected chi connectivity index (χ4v) is 1.41. The summed E-state index contributed by atoms with van der Waals surface area (Å²) in [6, 6.07) is 6.90. The molecule has 0 aliphatic carbocycles. The summed E-state index contributed by atoms with van der Waals surface area (Å²) in [6.45, 7) is 0. The fourth-order valence-electron chi connectivity index (χ4n) is 1.28. The maximum absolute atomic E-state index is 11.6. The van der Waals surface area contributed by atoms with Gasteiger partial charge >= 0.3 is 0 Å². The smallest absolute Gasteiger partial charge is 0.278 e. The van der Waals surface area contributed by atoms with Crippen molar-refractivity contribution in [2.45, 2.75) is 0 Å². The number of aromatic nitrogens is 2. The molecule has 1 aromatic heterocycles. The Labute approximate surface area is 113 Å². The monoisotopic (exact) mass is 276 g/mol. The predicted octanol–water partition coefficient (Wildman–Crippen LogP) is 1.19. The molecule has 1 aromatic carbocycles. The van der Waals surface area contributed by atoms with Crippen LogP contribution in [-0.4, -0.2) is 22.1 Å². The predicted molar refractivity (Wildman–Crippen MR) is 71.4 cm³/mol. The third-order valence-electron chi connectivity index (χ3n) is 2.21. The number of hydrazone groups is 1. The van der Waals surface area contributed by atoms with Crippen molar-refractivity contribution < 1.29 is 4.79 Å². The number of amides is 1. The first kappa shape index (κ1) is 13.0. The van der Waals surface area contributed by atoms with E-state index < -0.39 is 11.5 Å². The summed E-state index contributed by atoms with van der Waals surface area (Å²) in [7, 11) is 0. The molecule has 0 fully saturated rings. The zero-order valence-electron chi connectivity index (χ0n) is 9.63. The summed E-state index contributed by atoms with van der Waals surface area (Å²) in [6.07, 6.45) is 3.82. The number of hydrogen-bond donors (Lipinski definition) is 2. The van der Waals surface area contributed by atoms with Crippen LogP contribution >= 0.6 is 11.6 Å². The number of benzene rings is 1. The highest BCUT2D eigenvalue weighted by Crippen LogP contribution is 2.07. The molecule has 1 amide bonds. The van der Waals surface area contributed by atoms with Gasteiger partial charge in [-0.2, -0.15) is 5.10 Å². The van der Waals surface area contributed by atoms with Gasteiger partial charge in [-0.05, 0) is 17.7 Å². The van der Waals surface area contributed by atoms with Crippen LogP contribution in [0.2, 0.25) is 5.02 Å². The molecule has 0 aliphatic rings. The number of halogens is 1. The average Bonchev–Trinajstić information content (AvgIpc) is 2.41. The van der Waals surface area contributed by atoms with E-state index in [1.165, 1.54) is 18.7 Å². The van der Waals surface area contributed by atoms with Crippen molar-refractivity contribution in [2.24, 2.45) is 5.10 Å². The Hall–Kier alpha value is -2.47. The van der Waals surface area contributed by atoms with E-state index in [-0.39, 0.29) is 5.56 Å². The van der Waals surface area contributed by atoms with E-state index in [0.717, 1.165) is 5.56 Å². The van der Waals surface area contributed by atoms with E-state index in [1.807, 2.05) is 0 Å². The van der Waals surface area contributed by atoms with Crippen LogP contribution in [0.1, 0.15) is 15.9 Å². The summed E-state index contributed by atoms with van der Waals surface area (Å²) in [4.78, 5) is 28.9. The lowest BCUT2D eigenvalue weighted by molar-refractivity contribution is 0.0953. The van der Waals surface area contributed by atoms with Gasteiger partial charge in [0.15, 0.2) is 0 Å². The molecule has 0 saturated carbocycles. The largest absolute Gasteiger partial charge is 0.312 e. The van der Waals surface area contributed by atoms with Gasteiger partial charge in [0, 0.05) is 11.2 Å². The Morgan fingerprint density at radius 2 is 2.11 bits per heavy atom. The zero-order valence-corrected chi connectivity index (χ0v) is 10.4. The minimum atomic E-state index is -0.625. The second kappa shape index (κ2) is 5.92. The minimum absolute atomic E-state index is 0.101. The number of carbonyl (C=O) groups is 1. The third-order valence-corrected chi connectivity index (χ3v) is 2.46. The van der Waals surface area contributed by atoms with Gasteiger partial charge in [-0.3, -0.25) is 9.59 Å². The van der Waals surface area contributed by atoms with Gasteiger partial charge in [0.1, 0.15) is 5.56 Å². The molecule has 0 aliphatic heterocycles. The van der Waals surface area contributed by atoms with Crippen LogP contribution < -0.4 is 11.0 Å². The lowest BCUT2D eigenvalue weighted by atomic mass is 10.2. The standard InChI is InChI=1S/C12H9ClN4O2/c13-9-3-1-8(2-4-9)5-16-17-12(19)10-6-14-7-15-11(10)18/h1-7H,(H,17,19)(H,14,15,18). The van der Waals surface area contributed by atoms with Crippen molar-refractivity contribution >= 4 is 23.7 Å². The number of H-pyrrole nitrogens is 1. The van der Waals surface area contributed by atoms with Crippen molar-refractivity contribution in [3.8, 4) is 0 Å². The van der Waals surface area contributed by atoms with Crippen molar-refractivity contribution in [3.05, 3.63) is 63.3 Å². The quantitative estimate of drug-likeness (QED) is 0.652. The number of rotatable bonds is 3. The molecule has 7 heteroatoms. The van der Waals surface area contributed by atoms with Crippen LogP contribution in [0, 0.1) is 0 Å². The maximum Gasteiger partial charge on any atom is 0.278 e. The molecule has 2 rings (SSSR count). The van der Waals surface area contributed by atoms with Crippen molar-refractivity contribution in [3.63, 3.8) is 0 Å². The van der Waals surface area contributed by atoms with Crippen LogP contribution in [-0.2, 0) is 0 Å². The molecule has 6 nitrogen and oxygen atoms in total. The molecule has 2 N–H and O–H groups in total. The first-order valence-corrected chi connectivity index (χ1v) is 5.66. The third kappa shape index (κ3) is 3.49. The molecule has 0 saturated heterocycles. The molecule has 0 unspecified atom stereocenters. The number of aromatic amines is 1. The minimum Gasteiger partial charge on any atom is -0.312 e. The number of hydrogen-bond acceptors (Lipinski definition) is 4. The lowest BCUT2D eigenvalue weighted by Crippen LogP contribution is -2.26. The summed E-state index contributed by atoms with van der Waals surface area (Å²) in [5, 5.41) is 4.35. The number of nitrogens with zero attached hydrogens (tertiary/aromatic N) is 2. The van der Waals surface area contributed by atoms with Gasteiger partial charge in [0.05, 0.1) is 12.5 Å². The highest BCUT2D eigenvalue weighted by molar-refractivity contribution is 6.30. The SMILES string of the molecule is O=C(NN=Cc1ccc(Cl)cc1)c1cnc[nH]c1=O. The van der Waals surface area contributed by atoms with E-state index >= 15 is 0 Å². The maximum atomic E-state index is 11.6. The van der Waals surface area contributed by atoms with Gasteiger partial charge in [-0.1, -0.05) is 23.7 Å². The Bertz CT molecular complexity index is 664. The Morgan fingerprint density at radius 3 is 2.79 bits per heavy atom. The Balaban J connectivity index is 2.03. The van der Waals surface area contributed by atoms with Gasteiger partial charge in [-0.25, -0.2) is 10.4 Å². The lowest BCUT2D eigenvalue weighted by Gasteiger charge is -1.97. The molecular weight excluding hydrogens is 268 g/mol. The van der Waals surface area contributed by atoms with Crippen molar-refractivity contribution in [1.29, 1.82) is 0 Å². The number of nitrogens with one attached hydrogen (secondary N) is 2. The van der Waals surface area contributed by atoms with Gasteiger partial charge < -0.3 is 4.98 Å². The first-order valence-electron chi connectivity index (χ1n) is 5.28. The second-order valence-corrected chi connectivity index (χ2v) is 3.98. The van der Waals surface area contributed by atoms with Crippen molar-refractivity contribution in [1.82, 2.24) is 15.4 Å². The Morgan fingerprint density at radius 1 is 1.37 bits per heavy atom. The van der Waals surface area contributed by atoms with Crippen LogP contribution in [0.4, 0.5) is 0 Å². The molecule has 96 valence electrons. The molecule has 0 bridgehead atoms. The molecular formula is C12H9ClN4O2. The van der Waals surface area contributed by atoms with Gasteiger partial charge in [0.2, 0.25) is 0 Å². The van der Waals surface area contributed by atoms with Crippen LogP contribution in [0.5, 0.6) is 0 Å². The molecule has 1 heterocycles. The molecule has 0 atom stereocenters. The Kier molecular flexibility index (Phi) is 4.04. The average molecular weight is 277 g/mol. The summed E-state index contributed by atoms with van der Waals surface area (Å²) < 4.78 is 0. The first-order chi connectivity index (χ1) is 9.16. The molecule has 19 heavy (non-hydrogen) atoms. The molecule has 0 radical (unpaired) electrons. The summed E-state index contributed by atoms with van der Waals surface area (Å²) in [5.41, 5.74) is 2.39. The van der Waals surface area contributed by atoms with Gasteiger partial charge in [0.25, 0.3) is 11.5 Å². The molecule has 0 spiro atoms. The van der Waals surface area contributed by atoms with E-state index in [1.54, 1.807) is 24.3 Å². The number of carbonyl (C=O) groups excluding carboxylic acids is 1. The van der Waals surface area contributed by atoms with E-state index in [0.29, 0.717) is 5.02 Å². The normalized spacial score (nSPS) is 10.6. The fraction of sp³-hybridized carbons (Fsp3) is 0. The van der Waals surface area contributed by atoms with Crippen LogP contribution in [0.25, 0.3) is 0 Å². The molecule has 2 aromatic rings. The van der Waals surface area contributed by atoms with Gasteiger partial charge in [-0.15, -0.1) is 0 Å². The highest BCUT2D eigenvalue weighted by Gasteiger charge is 2.08. The van der Waals surface area contributed by atoms with E-state index in [9.17, 15) is 9.59 Å². The van der Waals surface area contributed by atoms with Crippen LogP contribution in [0.3, 0.4) is 0 Å². The summed E-state index contributed by atoms with van der Waals surface area (Å²) >= 11 is 5.73. The van der Waals surface area contributed by atoms with E-state index in [4.69, 9.17) is 11.6 Å². The van der Waals surface area contributed by atoms with Crippen molar-refractivity contribution in [2.75, 3.05) is 0 Å². The topological polar surface area (TPSA) is 87.2 Å². The van der Waals surface area contributed by atoms with Crippen LogP contribution in [0.15, 0.2) is 46.7 Å².